The molecule has 2 heteroatoms. The molecule has 2 nitrogen and oxygen atoms in total. The predicted molar refractivity (Wildman–Crippen MR) is 50.4 cm³/mol. The van der Waals surface area contributed by atoms with Crippen molar-refractivity contribution in [1.82, 2.24) is 0 Å². The molecule has 0 radical (unpaired) electrons. The van der Waals surface area contributed by atoms with Gasteiger partial charge in [0.25, 0.3) is 0 Å². The highest BCUT2D eigenvalue weighted by atomic mass is 16.3. The first-order valence-electron chi connectivity index (χ1n) is 4.51. The van der Waals surface area contributed by atoms with Crippen LogP contribution in [0.3, 0.4) is 0 Å². The Kier molecular flexibility index (Phi) is 2.93. The maximum atomic E-state index is 9.72. The van der Waals surface area contributed by atoms with Crippen LogP contribution in [-0.2, 0) is 0 Å². The summed E-state index contributed by atoms with van der Waals surface area (Å²) >= 11 is 0. The molecule has 1 rings (SSSR count). The molecule has 2 unspecified atom stereocenters. The van der Waals surface area contributed by atoms with E-state index in [1.165, 1.54) is 0 Å². The van der Waals surface area contributed by atoms with E-state index in [2.05, 4.69) is 6.92 Å². The van der Waals surface area contributed by atoms with Crippen LogP contribution in [0.1, 0.15) is 26.7 Å². The Morgan fingerprint density at radius 2 is 2.25 bits per heavy atom. The number of allylic oxidation sites excluding steroid dienone is 1. The van der Waals surface area contributed by atoms with Crippen molar-refractivity contribution in [2.75, 3.05) is 0 Å². The molecule has 0 fully saturated rings. The van der Waals surface area contributed by atoms with Gasteiger partial charge >= 0.3 is 0 Å². The van der Waals surface area contributed by atoms with Crippen LogP contribution in [0.15, 0.2) is 23.4 Å². The zero-order valence-electron chi connectivity index (χ0n) is 7.75. The fourth-order valence-corrected chi connectivity index (χ4v) is 1.59. The predicted octanol–water partition coefficient (Wildman–Crippen LogP) is 1.57. The van der Waals surface area contributed by atoms with Gasteiger partial charge in [-0.3, -0.25) is 0 Å². The van der Waals surface area contributed by atoms with Gasteiger partial charge in [-0.15, -0.1) is 0 Å². The van der Waals surface area contributed by atoms with Gasteiger partial charge in [0, 0.05) is 11.6 Å². The monoisotopic (exact) mass is 167 g/mol. The summed E-state index contributed by atoms with van der Waals surface area (Å²) in [5.41, 5.74) is 7.54. The first-order chi connectivity index (χ1) is 5.65. The highest BCUT2D eigenvalue weighted by molar-refractivity contribution is 5.30. The van der Waals surface area contributed by atoms with Gasteiger partial charge in [0.15, 0.2) is 0 Å². The summed E-state index contributed by atoms with van der Waals surface area (Å²) < 4.78 is 0. The molecule has 0 aliphatic heterocycles. The average Bonchev–Trinajstić information content (AvgIpc) is 2.00. The van der Waals surface area contributed by atoms with Crippen LogP contribution in [0.2, 0.25) is 0 Å². The SMILES string of the molecule is CCCC1=CC(N)=CC(C)C1O. The second-order valence-electron chi connectivity index (χ2n) is 3.44. The number of aliphatic hydroxyl groups excluding tert-OH is 1. The van der Waals surface area contributed by atoms with Crippen LogP contribution in [0, 0.1) is 5.92 Å². The van der Waals surface area contributed by atoms with E-state index in [1.54, 1.807) is 0 Å². The van der Waals surface area contributed by atoms with Gasteiger partial charge in [-0.1, -0.05) is 26.3 Å². The van der Waals surface area contributed by atoms with Gasteiger partial charge in [-0.05, 0) is 18.1 Å². The molecule has 0 bridgehead atoms. The first-order valence-corrected chi connectivity index (χ1v) is 4.51. The fraction of sp³-hybridized carbons (Fsp3) is 0.600. The minimum atomic E-state index is -0.322. The van der Waals surface area contributed by atoms with Crippen molar-refractivity contribution in [3.8, 4) is 0 Å². The molecule has 0 heterocycles. The minimum Gasteiger partial charge on any atom is -0.399 e. The zero-order chi connectivity index (χ0) is 9.14. The van der Waals surface area contributed by atoms with Crippen LogP contribution in [0.4, 0.5) is 0 Å². The Morgan fingerprint density at radius 1 is 1.58 bits per heavy atom. The van der Waals surface area contributed by atoms with Crippen molar-refractivity contribution in [1.29, 1.82) is 0 Å². The van der Waals surface area contributed by atoms with E-state index in [4.69, 9.17) is 5.73 Å². The second kappa shape index (κ2) is 3.76. The molecule has 2 atom stereocenters. The molecule has 68 valence electrons. The lowest BCUT2D eigenvalue weighted by Gasteiger charge is -2.23. The van der Waals surface area contributed by atoms with Crippen LogP contribution in [-0.4, -0.2) is 11.2 Å². The number of hydrogen-bond donors (Lipinski definition) is 2. The molecule has 1 aliphatic carbocycles. The largest absolute Gasteiger partial charge is 0.399 e. The quantitative estimate of drug-likeness (QED) is 0.655. The van der Waals surface area contributed by atoms with E-state index < -0.39 is 0 Å². The third-order valence-corrected chi connectivity index (χ3v) is 2.22. The summed E-state index contributed by atoms with van der Waals surface area (Å²) in [5, 5.41) is 9.72. The third-order valence-electron chi connectivity index (χ3n) is 2.22. The topological polar surface area (TPSA) is 46.2 Å². The maximum absolute atomic E-state index is 9.72. The van der Waals surface area contributed by atoms with Gasteiger partial charge in [-0.2, -0.15) is 0 Å². The van der Waals surface area contributed by atoms with E-state index in [1.807, 2.05) is 19.1 Å². The first kappa shape index (κ1) is 9.33. The standard InChI is InChI=1S/C10H17NO/c1-3-4-8-6-9(11)5-7(2)10(8)12/h5-7,10,12H,3-4,11H2,1-2H3. The second-order valence-corrected chi connectivity index (χ2v) is 3.44. The highest BCUT2D eigenvalue weighted by Crippen LogP contribution is 2.24. The van der Waals surface area contributed by atoms with Crippen LogP contribution < -0.4 is 5.73 Å². The van der Waals surface area contributed by atoms with Gasteiger partial charge in [0.2, 0.25) is 0 Å². The summed E-state index contributed by atoms with van der Waals surface area (Å²) in [7, 11) is 0. The summed E-state index contributed by atoms with van der Waals surface area (Å²) in [4.78, 5) is 0. The third kappa shape index (κ3) is 1.89. The molecule has 12 heavy (non-hydrogen) atoms. The van der Waals surface area contributed by atoms with E-state index in [-0.39, 0.29) is 12.0 Å². The lowest BCUT2D eigenvalue weighted by Crippen LogP contribution is -2.23. The smallest absolute Gasteiger partial charge is 0.0814 e. The van der Waals surface area contributed by atoms with Crippen molar-refractivity contribution < 1.29 is 5.11 Å². The van der Waals surface area contributed by atoms with Gasteiger partial charge in [-0.25, -0.2) is 0 Å². The van der Waals surface area contributed by atoms with Gasteiger partial charge < -0.3 is 10.8 Å². The maximum Gasteiger partial charge on any atom is 0.0814 e. The van der Waals surface area contributed by atoms with E-state index in [0.29, 0.717) is 0 Å². The molecule has 1 aliphatic rings. The van der Waals surface area contributed by atoms with Crippen molar-refractivity contribution >= 4 is 0 Å². The van der Waals surface area contributed by atoms with Gasteiger partial charge in [0.1, 0.15) is 0 Å². The Hall–Kier alpha value is -0.760. The molecule has 3 N–H and O–H groups in total. The Balaban J connectivity index is 2.76. The highest BCUT2D eigenvalue weighted by Gasteiger charge is 2.20. The lowest BCUT2D eigenvalue weighted by atomic mass is 9.89. The van der Waals surface area contributed by atoms with Gasteiger partial charge in [0.05, 0.1) is 6.10 Å². The average molecular weight is 167 g/mol. The lowest BCUT2D eigenvalue weighted by molar-refractivity contribution is 0.166. The molecule has 0 saturated heterocycles. The summed E-state index contributed by atoms with van der Waals surface area (Å²) in [6.45, 7) is 4.09. The number of nitrogens with two attached hydrogens (primary N) is 1. The zero-order valence-corrected chi connectivity index (χ0v) is 7.75. The van der Waals surface area contributed by atoms with E-state index in [9.17, 15) is 5.11 Å². The molecule has 0 aromatic heterocycles. The van der Waals surface area contributed by atoms with Crippen molar-refractivity contribution in [2.45, 2.75) is 32.8 Å². The minimum absolute atomic E-state index is 0.163. The van der Waals surface area contributed by atoms with E-state index in [0.717, 1.165) is 24.1 Å². The Labute approximate surface area is 73.8 Å². The summed E-state index contributed by atoms with van der Waals surface area (Å²) in [6.07, 6.45) is 5.48. The molecular weight excluding hydrogens is 150 g/mol. The molecule has 0 aromatic rings. The van der Waals surface area contributed by atoms with Crippen molar-refractivity contribution in [2.24, 2.45) is 11.7 Å². The van der Waals surface area contributed by atoms with Crippen LogP contribution in [0.5, 0.6) is 0 Å². The normalized spacial score (nSPS) is 29.6. The number of hydrogen-bond acceptors (Lipinski definition) is 2. The van der Waals surface area contributed by atoms with Crippen molar-refractivity contribution in [3.63, 3.8) is 0 Å². The summed E-state index contributed by atoms with van der Waals surface area (Å²) in [5.74, 6) is 0.163. The molecule has 0 aromatic carbocycles. The fourth-order valence-electron chi connectivity index (χ4n) is 1.59. The molecular formula is C10H17NO. The number of rotatable bonds is 2. The Morgan fingerprint density at radius 3 is 2.83 bits per heavy atom. The van der Waals surface area contributed by atoms with E-state index >= 15 is 0 Å². The Bertz CT molecular complexity index is 218. The van der Waals surface area contributed by atoms with Crippen LogP contribution in [0.25, 0.3) is 0 Å². The van der Waals surface area contributed by atoms with Crippen molar-refractivity contribution in [3.05, 3.63) is 23.4 Å². The molecule has 0 amide bonds. The molecule has 0 saturated carbocycles. The van der Waals surface area contributed by atoms with Crippen LogP contribution >= 0.6 is 0 Å². The number of aliphatic hydroxyl groups is 1. The molecule has 0 spiro atoms. The summed E-state index contributed by atoms with van der Waals surface area (Å²) in [6, 6.07) is 0.